The van der Waals surface area contributed by atoms with Crippen LogP contribution in [-0.2, 0) is 6.61 Å². The number of ether oxygens (including phenoxy) is 2. The second kappa shape index (κ2) is 10.8. The zero-order chi connectivity index (χ0) is 25.8. The third-order valence-corrected chi connectivity index (χ3v) is 6.55. The van der Waals surface area contributed by atoms with Gasteiger partial charge in [0.25, 0.3) is 5.56 Å². The summed E-state index contributed by atoms with van der Waals surface area (Å²) >= 11 is 9.98. The fourth-order valence-electron chi connectivity index (χ4n) is 3.42. The molecule has 0 spiro atoms. The standard InChI is InChI=1S/C25H19BrClN3O6/c1-2-35-19-11-16(12-28-30-23(31)17-8-3-4-9-18(17)29-25(30)34)20(26)21(27)22(19)36-13-14-6-5-7-15(10-14)24(32)33/h3-12H,2,13H2,1H3,(H,29,34)(H,32,33). The van der Waals surface area contributed by atoms with Crippen LogP contribution in [0.2, 0.25) is 5.02 Å². The summed E-state index contributed by atoms with van der Waals surface area (Å²) in [7, 11) is 0. The van der Waals surface area contributed by atoms with Crippen molar-refractivity contribution >= 4 is 50.6 Å². The third-order valence-electron chi connectivity index (χ3n) is 5.11. The Balaban J connectivity index is 1.69. The molecule has 0 aliphatic carbocycles. The zero-order valence-electron chi connectivity index (χ0n) is 18.8. The average molecular weight is 573 g/mol. The third kappa shape index (κ3) is 5.19. The Bertz CT molecular complexity index is 1610. The lowest BCUT2D eigenvalue weighted by Crippen LogP contribution is -2.32. The van der Waals surface area contributed by atoms with Gasteiger partial charge in [0.15, 0.2) is 11.5 Å². The van der Waals surface area contributed by atoms with Crippen LogP contribution >= 0.6 is 27.5 Å². The Morgan fingerprint density at radius 2 is 1.94 bits per heavy atom. The molecule has 0 atom stereocenters. The van der Waals surface area contributed by atoms with Crippen LogP contribution < -0.4 is 20.7 Å². The summed E-state index contributed by atoms with van der Waals surface area (Å²) in [6, 6.07) is 14.6. The van der Waals surface area contributed by atoms with E-state index in [9.17, 15) is 19.5 Å². The monoisotopic (exact) mass is 571 g/mol. The van der Waals surface area contributed by atoms with Crippen LogP contribution in [0.5, 0.6) is 11.5 Å². The quantitative estimate of drug-likeness (QED) is 0.296. The summed E-state index contributed by atoms with van der Waals surface area (Å²) in [5, 5.41) is 13.8. The number of hydrogen-bond donors (Lipinski definition) is 2. The van der Waals surface area contributed by atoms with Gasteiger partial charge < -0.3 is 19.6 Å². The van der Waals surface area contributed by atoms with Crippen molar-refractivity contribution in [1.82, 2.24) is 9.66 Å². The fourth-order valence-corrected chi connectivity index (χ4v) is 4.08. The Kier molecular flexibility index (Phi) is 7.56. The first-order chi connectivity index (χ1) is 17.3. The summed E-state index contributed by atoms with van der Waals surface area (Å²) < 4.78 is 12.7. The number of fused-ring (bicyclic) bond motifs is 1. The van der Waals surface area contributed by atoms with E-state index in [-0.39, 0.29) is 22.9 Å². The molecule has 0 amide bonds. The van der Waals surface area contributed by atoms with Gasteiger partial charge >= 0.3 is 11.7 Å². The highest BCUT2D eigenvalue weighted by molar-refractivity contribution is 9.10. The summed E-state index contributed by atoms with van der Waals surface area (Å²) in [6.07, 6.45) is 1.31. The van der Waals surface area contributed by atoms with Crippen LogP contribution in [0.15, 0.2) is 73.8 Å². The van der Waals surface area contributed by atoms with E-state index in [0.717, 1.165) is 4.68 Å². The van der Waals surface area contributed by atoms with E-state index in [0.29, 0.717) is 38.9 Å². The molecule has 0 aliphatic rings. The molecular formula is C25H19BrClN3O6. The van der Waals surface area contributed by atoms with Crippen molar-refractivity contribution in [3.8, 4) is 11.5 Å². The van der Waals surface area contributed by atoms with Gasteiger partial charge in [0, 0.05) is 10.0 Å². The lowest BCUT2D eigenvalue weighted by atomic mass is 10.1. The second-order valence-electron chi connectivity index (χ2n) is 7.49. The molecule has 0 unspecified atom stereocenters. The van der Waals surface area contributed by atoms with Crippen molar-refractivity contribution in [1.29, 1.82) is 0 Å². The van der Waals surface area contributed by atoms with E-state index < -0.39 is 17.2 Å². The minimum atomic E-state index is -1.04. The maximum atomic E-state index is 12.7. The summed E-state index contributed by atoms with van der Waals surface area (Å²) in [5.74, 6) is -0.495. The number of carboxylic acid groups (broad SMARTS) is 1. The Labute approximate surface area is 217 Å². The van der Waals surface area contributed by atoms with Gasteiger partial charge in [-0.2, -0.15) is 5.10 Å². The zero-order valence-corrected chi connectivity index (χ0v) is 21.2. The van der Waals surface area contributed by atoms with Crippen molar-refractivity contribution < 1.29 is 19.4 Å². The lowest BCUT2D eigenvalue weighted by molar-refractivity contribution is 0.0696. The maximum absolute atomic E-state index is 12.7. The number of aromatic nitrogens is 2. The fraction of sp³-hybridized carbons (Fsp3) is 0.120. The first-order valence-corrected chi connectivity index (χ1v) is 11.9. The summed E-state index contributed by atoms with van der Waals surface area (Å²) in [4.78, 5) is 39.0. The number of aromatic carboxylic acids is 1. The van der Waals surface area contributed by atoms with Crippen LogP contribution in [-0.4, -0.2) is 33.6 Å². The molecule has 3 aromatic carbocycles. The number of benzene rings is 3. The van der Waals surface area contributed by atoms with Crippen LogP contribution in [0, 0.1) is 0 Å². The van der Waals surface area contributed by atoms with E-state index >= 15 is 0 Å². The molecule has 2 N–H and O–H groups in total. The molecule has 0 saturated carbocycles. The number of carbonyl (C=O) groups is 1. The number of nitrogens with zero attached hydrogens (tertiary/aromatic N) is 2. The molecule has 0 radical (unpaired) electrons. The minimum absolute atomic E-state index is 0.0443. The lowest BCUT2D eigenvalue weighted by Gasteiger charge is -2.16. The number of para-hydroxylation sites is 1. The van der Waals surface area contributed by atoms with Crippen molar-refractivity contribution in [2.45, 2.75) is 13.5 Å². The molecule has 0 bridgehead atoms. The number of H-pyrrole nitrogens is 1. The van der Waals surface area contributed by atoms with E-state index in [2.05, 4.69) is 26.0 Å². The molecule has 184 valence electrons. The van der Waals surface area contributed by atoms with Gasteiger partial charge in [-0.15, -0.1) is 4.68 Å². The van der Waals surface area contributed by atoms with E-state index in [1.165, 1.54) is 18.3 Å². The number of halogens is 2. The molecular weight excluding hydrogens is 554 g/mol. The summed E-state index contributed by atoms with van der Waals surface area (Å²) in [6.45, 7) is 2.14. The van der Waals surface area contributed by atoms with Gasteiger partial charge in [-0.3, -0.25) is 4.79 Å². The van der Waals surface area contributed by atoms with Crippen LogP contribution in [0.4, 0.5) is 0 Å². The van der Waals surface area contributed by atoms with Gasteiger partial charge in [0.1, 0.15) is 11.6 Å². The SMILES string of the molecule is CCOc1cc(C=Nn2c(=O)[nH]c3ccccc3c2=O)c(Br)c(Cl)c1OCc1cccc(C(=O)O)c1. The first kappa shape index (κ1) is 25.2. The molecule has 0 saturated heterocycles. The maximum Gasteiger partial charge on any atom is 0.349 e. The van der Waals surface area contributed by atoms with Gasteiger partial charge in [-0.1, -0.05) is 35.9 Å². The number of hydrogen-bond acceptors (Lipinski definition) is 6. The molecule has 36 heavy (non-hydrogen) atoms. The molecule has 4 aromatic rings. The highest BCUT2D eigenvalue weighted by Crippen LogP contribution is 2.42. The number of nitrogens with one attached hydrogen (secondary N) is 1. The molecule has 9 nitrogen and oxygen atoms in total. The number of carboxylic acids is 1. The predicted octanol–water partition coefficient (Wildman–Crippen LogP) is 4.66. The largest absolute Gasteiger partial charge is 0.490 e. The van der Waals surface area contributed by atoms with E-state index in [4.69, 9.17) is 21.1 Å². The minimum Gasteiger partial charge on any atom is -0.490 e. The average Bonchev–Trinajstić information content (AvgIpc) is 2.86. The smallest absolute Gasteiger partial charge is 0.349 e. The molecule has 1 heterocycles. The van der Waals surface area contributed by atoms with Gasteiger partial charge in [0.05, 0.1) is 29.3 Å². The van der Waals surface area contributed by atoms with Crippen LogP contribution in [0.1, 0.15) is 28.4 Å². The normalized spacial score (nSPS) is 11.2. The Morgan fingerprint density at radius 1 is 1.17 bits per heavy atom. The van der Waals surface area contributed by atoms with Gasteiger partial charge in [-0.05, 0) is 58.7 Å². The number of rotatable bonds is 8. The first-order valence-electron chi connectivity index (χ1n) is 10.7. The van der Waals surface area contributed by atoms with E-state index in [1.54, 1.807) is 49.4 Å². The van der Waals surface area contributed by atoms with Crippen molar-refractivity contribution in [2.75, 3.05) is 6.61 Å². The highest BCUT2D eigenvalue weighted by Gasteiger charge is 2.18. The van der Waals surface area contributed by atoms with Crippen LogP contribution in [0.25, 0.3) is 10.9 Å². The van der Waals surface area contributed by atoms with E-state index in [1.807, 2.05) is 0 Å². The summed E-state index contributed by atoms with van der Waals surface area (Å²) in [5.41, 5.74) is 0.358. The molecule has 1 aromatic heterocycles. The number of aromatic amines is 1. The molecule has 0 aliphatic heterocycles. The van der Waals surface area contributed by atoms with Gasteiger partial charge in [0.2, 0.25) is 0 Å². The molecule has 4 rings (SSSR count). The van der Waals surface area contributed by atoms with Gasteiger partial charge in [-0.25, -0.2) is 9.59 Å². The molecule has 0 fully saturated rings. The van der Waals surface area contributed by atoms with Crippen molar-refractivity contribution in [2.24, 2.45) is 5.10 Å². The second-order valence-corrected chi connectivity index (χ2v) is 8.66. The van der Waals surface area contributed by atoms with Crippen LogP contribution in [0.3, 0.4) is 0 Å². The topological polar surface area (TPSA) is 123 Å². The predicted molar refractivity (Wildman–Crippen MR) is 140 cm³/mol. The highest BCUT2D eigenvalue weighted by atomic mass is 79.9. The van der Waals surface area contributed by atoms with Crippen molar-refractivity contribution in [3.05, 3.63) is 102 Å². The Hall–Kier alpha value is -3.89. The Morgan fingerprint density at radius 3 is 2.69 bits per heavy atom. The molecule has 11 heteroatoms. The van der Waals surface area contributed by atoms with Crippen molar-refractivity contribution in [3.63, 3.8) is 0 Å².